The lowest BCUT2D eigenvalue weighted by Crippen LogP contribution is -2.71. The highest BCUT2D eigenvalue weighted by Crippen LogP contribution is 2.37. The van der Waals surface area contributed by atoms with Crippen LogP contribution in [0.3, 0.4) is 0 Å². The van der Waals surface area contributed by atoms with Gasteiger partial charge in [0.2, 0.25) is 11.8 Å². The molecule has 2 amide bonds. The lowest BCUT2D eigenvalue weighted by molar-refractivity contribution is -0.387. The zero-order valence-corrected chi connectivity index (χ0v) is 38.8. The fraction of sp³-hybridized carbons (Fsp3) is 0.950. The molecule has 6 heterocycles. The first-order chi connectivity index (χ1) is 34.0. The predicted molar refractivity (Wildman–Crippen MR) is 221 cm³/mol. The number of aliphatic hydroxyl groups excluding tert-OH is 17. The van der Waals surface area contributed by atoms with E-state index < -0.39 is 229 Å². The number of nitrogens with one attached hydrogen (secondary N) is 2. The standard InChI is InChI=1S/C40H68N2O30/c1-9-19(49)24(54)28(58)38(63-9)71-33-18(42-11(3)48)35(61)64-15(7-46)32(33)70-36-17(41-10(2)47)23(53)31(14(6-45)67-36)69-40-30(60)34(72-39-29(59)26(56)21(51)13(5-44)66-39)22(52)16(68-40)8-62-37-27(57)25(55)20(50)12(4-43)65-37/h9,12-40,43-46,49-61H,4-8H2,1-3H3,(H,41,47)(H,42,48)/t9-,12-,13-,14-,15-,16-,17-,18-,19+,20-,21-,22-,23-,24+,25+,26+,27+,28-,29+,30+,31-,32-,33-,34+,35-,36+,37+,38-,39-,40+/m1/s1. The molecule has 6 aliphatic rings. The second kappa shape index (κ2) is 25.3. The van der Waals surface area contributed by atoms with Gasteiger partial charge in [-0.1, -0.05) is 0 Å². The summed E-state index contributed by atoms with van der Waals surface area (Å²) in [6, 6.07) is -3.42. The van der Waals surface area contributed by atoms with E-state index in [1.54, 1.807) is 0 Å². The fourth-order valence-corrected chi connectivity index (χ4v) is 9.15. The third kappa shape index (κ3) is 12.6. The first-order valence-electron chi connectivity index (χ1n) is 23.0. The van der Waals surface area contributed by atoms with E-state index in [2.05, 4.69) is 10.6 Å². The van der Waals surface area contributed by atoms with Gasteiger partial charge in [-0.25, -0.2) is 0 Å². The van der Waals surface area contributed by atoms with Gasteiger partial charge in [0.15, 0.2) is 37.7 Å². The van der Waals surface area contributed by atoms with E-state index in [4.69, 9.17) is 52.1 Å². The van der Waals surface area contributed by atoms with Crippen LogP contribution in [0, 0.1) is 0 Å². The van der Waals surface area contributed by atoms with Crippen LogP contribution >= 0.6 is 0 Å². The van der Waals surface area contributed by atoms with Gasteiger partial charge in [-0.15, -0.1) is 0 Å². The van der Waals surface area contributed by atoms with E-state index in [0.717, 1.165) is 13.8 Å². The number of amides is 2. The molecular formula is C40H68N2O30. The molecule has 0 unspecified atom stereocenters. The molecule has 32 heteroatoms. The molecule has 0 bridgehead atoms. The van der Waals surface area contributed by atoms with Gasteiger partial charge in [0.05, 0.1) is 39.1 Å². The summed E-state index contributed by atoms with van der Waals surface area (Å²) in [7, 11) is 0. The van der Waals surface area contributed by atoms with Crippen LogP contribution in [0.5, 0.6) is 0 Å². The Hall–Kier alpha value is -2.18. The number of carbonyl (C=O) groups is 2. The Kier molecular flexibility index (Phi) is 20.8. The second-order valence-electron chi connectivity index (χ2n) is 18.3. The summed E-state index contributed by atoms with van der Waals surface area (Å²) in [6.07, 6.45) is -52.0. The summed E-state index contributed by atoms with van der Waals surface area (Å²) < 4.78 is 63.4. The fourth-order valence-electron chi connectivity index (χ4n) is 9.15. The smallest absolute Gasteiger partial charge is 0.217 e. The summed E-state index contributed by atoms with van der Waals surface area (Å²) in [5.41, 5.74) is 0. The normalized spacial score (nSPS) is 50.3. The number of ether oxygens (including phenoxy) is 11. The van der Waals surface area contributed by atoms with E-state index in [9.17, 15) is 96.4 Å². The third-order valence-corrected chi connectivity index (χ3v) is 13.2. The van der Waals surface area contributed by atoms with Crippen LogP contribution < -0.4 is 10.6 Å². The second-order valence-corrected chi connectivity index (χ2v) is 18.3. The predicted octanol–water partition coefficient (Wildman–Crippen LogP) is -12.8. The Morgan fingerprint density at radius 3 is 1.36 bits per heavy atom. The topological polar surface area (TPSA) is 504 Å². The molecule has 30 atom stereocenters. The van der Waals surface area contributed by atoms with E-state index in [0.29, 0.717) is 0 Å². The van der Waals surface area contributed by atoms with Gasteiger partial charge < -0.3 is 150 Å². The van der Waals surface area contributed by atoms with Gasteiger partial charge in [0.25, 0.3) is 0 Å². The molecule has 0 aromatic rings. The van der Waals surface area contributed by atoms with Crippen LogP contribution in [0.2, 0.25) is 0 Å². The Morgan fingerprint density at radius 2 is 0.806 bits per heavy atom. The quantitative estimate of drug-likeness (QED) is 0.0643. The number of hydrogen-bond acceptors (Lipinski definition) is 30. The van der Waals surface area contributed by atoms with Crippen LogP contribution in [0.15, 0.2) is 0 Å². The monoisotopic (exact) mass is 1060 g/mol. The van der Waals surface area contributed by atoms with Crippen molar-refractivity contribution >= 4 is 11.8 Å². The van der Waals surface area contributed by atoms with Crippen LogP contribution in [0.1, 0.15) is 20.8 Å². The van der Waals surface area contributed by atoms with Crippen LogP contribution in [-0.2, 0) is 61.7 Å². The summed E-state index contributed by atoms with van der Waals surface area (Å²) >= 11 is 0. The summed E-state index contributed by atoms with van der Waals surface area (Å²) in [5.74, 6) is -1.62. The molecule has 6 aliphatic heterocycles. The van der Waals surface area contributed by atoms with Crippen molar-refractivity contribution in [1.82, 2.24) is 10.6 Å². The van der Waals surface area contributed by atoms with Gasteiger partial charge in [-0.05, 0) is 6.92 Å². The van der Waals surface area contributed by atoms with Gasteiger partial charge in [-0.3, -0.25) is 9.59 Å². The third-order valence-electron chi connectivity index (χ3n) is 13.2. The average Bonchev–Trinajstić information content (AvgIpc) is 3.34. The van der Waals surface area contributed by atoms with Crippen LogP contribution in [-0.4, -0.2) is 316 Å². The molecule has 72 heavy (non-hydrogen) atoms. The largest absolute Gasteiger partial charge is 0.394 e. The zero-order valence-electron chi connectivity index (χ0n) is 38.8. The molecule has 6 fully saturated rings. The van der Waals surface area contributed by atoms with Crippen molar-refractivity contribution in [3.63, 3.8) is 0 Å². The minimum absolute atomic E-state index is 0.768. The molecule has 0 aliphatic carbocycles. The van der Waals surface area contributed by atoms with Crippen molar-refractivity contribution in [1.29, 1.82) is 0 Å². The van der Waals surface area contributed by atoms with Crippen molar-refractivity contribution in [3.05, 3.63) is 0 Å². The van der Waals surface area contributed by atoms with Gasteiger partial charge >= 0.3 is 0 Å². The number of hydrogen-bond donors (Lipinski definition) is 19. The van der Waals surface area contributed by atoms with E-state index in [-0.39, 0.29) is 0 Å². The Labute approximate surface area is 408 Å². The maximum Gasteiger partial charge on any atom is 0.217 e. The average molecular weight is 1060 g/mol. The van der Waals surface area contributed by atoms with Gasteiger partial charge in [-0.2, -0.15) is 0 Å². The van der Waals surface area contributed by atoms with Gasteiger partial charge in [0.1, 0.15) is 140 Å². The molecule has 0 aromatic heterocycles. The molecule has 0 radical (unpaired) electrons. The van der Waals surface area contributed by atoms with Crippen molar-refractivity contribution in [2.45, 2.75) is 205 Å². The molecule has 0 saturated carbocycles. The minimum atomic E-state index is -2.24. The summed E-state index contributed by atoms with van der Waals surface area (Å²) in [6.45, 7) is -1.30. The summed E-state index contributed by atoms with van der Waals surface area (Å²) in [5, 5.41) is 186. The number of rotatable bonds is 17. The maximum atomic E-state index is 12.8. The number of aliphatic hydroxyl groups is 17. The molecule has 0 spiro atoms. The molecule has 418 valence electrons. The van der Waals surface area contributed by atoms with Gasteiger partial charge in [0, 0.05) is 13.8 Å². The van der Waals surface area contributed by atoms with E-state index in [1.807, 2.05) is 0 Å². The lowest BCUT2D eigenvalue weighted by atomic mass is 9.93. The van der Waals surface area contributed by atoms with Crippen molar-refractivity contribution in [3.8, 4) is 0 Å². The highest BCUT2D eigenvalue weighted by molar-refractivity contribution is 5.73. The highest BCUT2D eigenvalue weighted by Gasteiger charge is 2.58. The maximum absolute atomic E-state index is 12.8. The molecule has 0 aromatic carbocycles. The molecule has 6 saturated heterocycles. The Balaban J connectivity index is 1.29. The SMILES string of the molecule is CC(=O)N[C@@H]1[C@@H](O[C@H]2O[C@H](C)[C@H](O)[C@H](O)[C@H]2O)[C@H](O[C@@H]2O[C@H](CO)[C@@H](O[C@@H]3O[C@H](CO[C@H]4O[C@H](CO)[C@@H](O)[C@H](O)[C@@H]4O)[C@@H](O)[C@H](O[C@H]4O[C@H](CO)[C@@H](O)[C@H](O)[C@@H]4O)[C@@H]3O)[C@H](O)[C@H]2NC(C)=O)[C@@H](CO)O[C@H]1O. The summed E-state index contributed by atoms with van der Waals surface area (Å²) in [4.78, 5) is 25.2. The van der Waals surface area contributed by atoms with Crippen molar-refractivity contribution in [2.75, 3.05) is 33.0 Å². The Morgan fingerprint density at radius 1 is 0.389 bits per heavy atom. The molecule has 19 N–H and O–H groups in total. The molecule has 32 nitrogen and oxygen atoms in total. The van der Waals surface area contributed by atoms with E-state index >= 15 is 0 Å². The first kappa shape index (κ1) is 59.1. The Bertz CT molecular complexity index is 1730. The van der Waals surface area contributed by atoms with Crippen molar-refractivity contribution < 1.29 is 149 Å². The zero-order chi connectivity index (χ0) is 53.2. The van der Waals surface area contributed by atoms with Crippen LogP contribution in [0.4, 0.5) is 0 Å². The number of carbonyl (C=O) groups excluding carboxylic acids is 2. The minimum Gasteiger partial charge on any atom is -0.394 e. The van der Waals surface area contributed by atoms with E-state index in [1.165, 1.54) is 6.92 Å². The highest BCUT2D eigenvalue weighted by atomic mass is 16.8. The molecular weight excluding hydrogens is 988 g/mol. The van der Waals surface area contributed by atoms with Crippen molar-refractivity contribution in [2.24, 2.45) is 0 Å². The first-order valence-corrected chi connectivity index (χ1v) is 23.0. The van der Waals surface area contributed by atoms with Crippen LogP contribution in [0.25, 0.3) is 0 Å². The molecule has 6 rings (SSSR count). The lowest BCUT2D eigenvalue weighted by Gasteiger charge is -2.51.